The van der Waals surface area contributed by atoms with E-state index in [-0.39, 0.29) is 5.91 Å². The molecule has 1 amide bonds. The lowest BCUT2D eigenvalue weighted by Gasteiger charge is -2.10. The van der Waals surface area contributed by atoms with Crippen LogP contribution < -0.4 is 0 Å². The van der Waals surface area contributed by atoms with Gasteiger partial charge in [0.2, 0.25) is 5.89 Å². The Kier molecular flexibility index (Phi) is 4.87. The predicted octanol–water partition coefficient (Wildman–Crippen LogP) is 3.87. The first-order valence-corrected chi connectivity index (χ1v) is 9.08. The van der Waals surface area contributed by atoms with Crippen LogP contribution in [0, 0.1) is 6.92 Å². The number of hydrogen-bond acceptors (Lipinski definition) is 6. The molecule has 0 N–H and O–H groups in total. The van der Waals surface area contributed by atoms with Gasteiger partial charge in [-0.1, -0.05) is 30.3 Å². The van der Waals surface area contributed by atoms with Crippen molar-refractivity contribution in [1.29, 1.82) is 0 Å². The number of amides is 1. The van der Waals surface area contributed by atoms with Gasteiger partial charge in [-0.2, -0.15) is 0 Å². The smallest absolute Gasteiger partial charge is 0.268 e. The van der Waals surface area contributed by atoms with Crippen molar-refractivity contribution in [2.24, 2.45) is 0 Å². The number of carbonyl (C=O) groups excluding carboxylic acids is 1. The summed E-state index contributed by atoms with van der Waals surface area (Å²) in [6.45, 7) is 1.84. The Morgan fingerprint density at radius 2 is 1.59 bits per heavy atom. The standard InChI is InChI=1S/C22H19N5O2/c1-14-19(21-26-25-20(29-21)16-7-5-4-6-8-16)24-18(13-23-14)15-9-11-17(12-10-15)22(28)27(2)3/h4-13H,1-3H3. The van der Waals surface area contributed by atoms with Crippen LogP contribution in [0.5, 0.6) is 0 Å². The van der Waals surface area contributed by atoms with Crippen LogP contribution in [-0.4, -0.2) is 45.1 Å². The summed E-state index contributed by atoms with van der Waals surface area (Å²) in [7, 11) is 3.45. The highest BCUT2D eigenvalue weighted by Gasteiger charge is 2.16. The van der Waals surface area contributed by atoms with Crippen LogP contribution in [0.1, 0.15) is 16.1 Å². The van der Waals surface area contributed by atoms with Gasteiger partial charge in [0.25, 0.3) is 11.8 Å². The molecule has 0 radical (unpaired) electrons. The SMILES string of the molecule is Cc1ncc(-c2ccc(C(=O)N(C)C)cc2)nc1-c1nnc(-c2ccccc2)o1. The maximum Gasteiger partial charge on any atom is 0.268 e. The summed E-state index contributed by atoms with van der Waals surface area (Å²) < 4.78 is 5.83. The molecule has 0 spiro atoms. The van der Waals surface area contributed by atoms with E-state index in [1.807, 2.05) is 49.4 Å². The van der Waals surface area contributed by atoms with E-state index < -0.39 is 0 Å². The maximum absolute atomic E-state index is 12.1. The minimum absolute atomic E-state index is 0.0495. The summed E-state index contributed by atoms with van der Waals surface area (Å²) in [5.74, 6) is 0.695. The number of nitrogens with zero attached hydrogens (tertiary/aromatic N) is 5. The Morgan fingerprint density at radius 1 is 0.897 bits per heavy atom. The fourth-order valence-corrected chi connectivity index (χ4v) is 2.85. The second-order valence-electron chi connectivity index (χ2n) is 6.74. The summed E-state index contributed by atoms with van der Waals surface area (Å²) in [5.41, 5.74) is 4.19. The number of carbonyl (C=O) groups is 1. The van der Waals surface area contributed by atoms with Gasteiger partial charge in [-0.05, 0) is 31.2 Å². The number of aromatic nitrogens is 4. The first kappa shape index (κ1) is 18.5. The van der Waals surface area contributed by atoms with Crippen LogP contribution in [0.4, 0.5) is 0 Å². The molecule has 144 valence electrons. The monoisotopic (exact) mass is 385 g/mol. The van der Waals surface area contributed by atoms with Gasteiger partial charge in [-0.25, -0.2) is 4.98 Å². The Bertz CT molecular complexity index is 1150. The van der Waals surface area contributed by atoms with Gasteiger partial charge in [0.05, 0.1) is 17.6 Å². The second-order valence-corrected chi connectivity index (χ2v) is 6.74. The van der Waals surface area contributed by atoms with E-state index in [0.717, 1.165) is 11.1 Å². The van der Waals surface area contributed by atoms with Crippen LogP contribution in [0.3, 0.4) is 0 Å². The third-order valence-corrected chi connectivity index (χ3v) is 4.44. The molecule has 0 aliphatic carbocycles. The lowest BCUT2D eigenvalue weighted by Crippen LogP contribution is -2.21. The molecule has 7 nitrogen and oxygen atoms in total. The van der Waals surface area contributed by atoms with Gasteiger partial charge < -0.3 is 9.32 Å². The Hall–Kier alpha value is -3.87. The van der Waals surface area contributed by atoms with Crippen molar-refractivity contribution in [2.45, 2.75) is 6.92 Å². The summed E-state index contributed by atoms with van der Waals surface area (Å²) in [6, 6.07) is 16.8. The fraction of sp³-hybridized carbons (Fsp3) is 0.136. The first-order chi connectivity index (χ1) is 14.0. The van der Waals surface area contributed by atoms with Crippen LogP contribution in [-0.2, 0) is 0 Å². The number of hydrogen-bond donors (Lipinski definition) is 0. The van der Waals surface area contributed by atoms with Crippen LogP contribution in [0.25, 0.3) is 34.3 Å². The molecule has 0 saturated heterocycles. The lowest BCUT2D eigenvalue weighted by atomic mass is 10.1. The minimum Gasteiger partial charge on any atom is -0.415 e. The van der Waals surface area contributed by atoms with Crippen molar-refractivity contribution in [3.63, 3.8) is 0 Å². The lowest BCUT2D eigenvalue weighted by molar-refractivity contribution is 0.0827. The van der Waals surface area contributed by atoms with Crippen molar-refractivity contribution in [3.05, 3.63) is 72.1 Å². The number of rotatable bonds is 4. The molecular weight excluding hydrogens is 366 g/mol. The number of benzene rings is 2. The first-order valence-electron chi connectivity index (χ1n) is 9.08. The maximum atomic E-state index is 12.1. The van der Waals surface area contributed by atoms with Gasteiger partial charge in [-0.15, -0.1) is 10.2 Å². The molecule has 4 aromatic rings. The molecule has 0 fully saturated rings. The highest BCUT2D eigenvalue weighted by atomic mass is 16.4. The van der Waals surface area contributed by atoms with Gasteiger partial charge in [0, 0.05) is 30.8 Å². The average Bonchev–Trinajstić information content (AvgIpc) is 3.24. The van der Waals surface area contributed by atoms with Gasteiger partial charge in [0.15, 0.2) is 0 Å². The summed E-state index contributed by atoms with van der Waals surface area (Å²) in [5, 5.41) is 8.27. The fourth-order valence-electron chi connectivity index (χ4n) is 2.85. The Labute approximate surface area is 168 Å². The van der Waals surface area contributed by atoms with Crippen molar-refractivity contribution < 1.29 is 9.21 Å². The molecule has 0 unspecified atom stereocenters. The van der Waals surface area contributed by atoms with Crippen molar-refractivity contribution in [1.82, 2.24) is 25.1 Å². The zero-order chi connectivity index (χ0) is 20.4. The van der Waals surface area contributed by atoms with E-state index in [9.17, 15) is 4.79 Å². The summed E-state index contributed by atoms with van der Waals surface area (Å²) >= 11 is 0. The molecule has 0 atom stereocenters. The Balaban J connectivity index is 1.67. The van der Waals surface area contributed by atoms with E-state index in [2.05, 4.69) is 20.2 Å². The largest absolute Gasteiger partial charge is 0.415 e. The van der Waals surface area contributed by atoms with Gasteiger partial charge in [0.1, 0.15) is 5.69 Å². The van der Waals surface area contributed by atoms with Crippen molar-refractivity contribution in [3.8, 4) is 34.3 Å². The average molecular weight is 385 g/mol. The van der Waals surface area contributed by atoms with E-state index in [1.165, 1.54) is 0 Å². The minimum atomic E-state index is -0.0495. The predicted molar refractivity (Wildman–Crippen MR) is 109 cm³/mol. The molecule has 2 aromatic carbocycles. The summed E-state index contributed by atoms with van der Waals surface area (Å²) in [4.78, 5) is 22.7. The van der Waals surface area contributed by atoms with Crippen molar-refractivity contribution >= 4 is 5.91 Å². The van der Waals surface area contributed by atoms with Crippen LogP contribution in [0.15, 0.2) is 65.2 Å². The molecule has 2 heterocycles. The van der Waals surface area contributed by atoms with E-state index in [0.29, 0.717) is 34.4 Å². The quantitative estimate of drug-likeness (QED) is 0.530. The molecule has 2 aromatic heterocycles. The van der Waals surface area contributed by atoms with Gasteiger partial charge in [-0.3, -0.25) is 9.78 Å². The third-order valence-electron chi connectivity index (χ3n) is 4.44. The van der Waals surface area contributed by atoms with Crippen LogP contribution >= 0.6 is 0 Å². The van der Waals surface area contributed by atoms with E-state index in [4.69, 9.17) is 4.42 Å². The molecule has 0 saturated carbocycles. The molecule has 4 rings (SSSR count). The van der Waals surface area contributed by atoms with E-state index in [1.54, 1.807) is 37.3 Å². The molecule has 0 aliphatic rings. The highest BCUT2D eigenvalue weighted by Crippen LogP contribution is 2.26. The van der Waals surface area contributed by atoms with Crippen molar-refractivity contribution in [2.75, 3.05) is 14.1 Å². The highest BCUT2D eigenvalue weighted by molar-refractivity contribution is 5.94. The molecule has 7 heteroatoms. The third kappa shape index (κ3) is 3.75. The zero-order valence-electron chi connectivity index (χ0n) is 16.3. The normalized spacial score (nSPS) is 10.7. The molecule has 0 aliphatic heterocycles. The summed E-state index contributed by atoms with van der Waals surface area (Å²) in [6.07, 6.45) is 1.69. The number of aryl methyl sites for hydroxylation is 1. The van der Waals surface area contributed by atoms with Gasteiger partial charge >= 0.3 is 0 Å². The second kappa shape index (κ2) is 7.63. The van der Waals surface area contributed by atoms with Crippen LogP contribution in [0.2, 0.25) is 0 Å². The molecule has 29 heavy (non-hydrogen) atoms. The Morgan fingerprint density at radius 3 is 2.28 bits per heavy atom. The molecular formula is C22H19N5O2. The topological polar surface area (TPSA) is 85.0 Å². The van der Waals surface area contributed by atoms with E-state index >= 15 is 0 Å². The zero-order valence-corrected chi connectivity index (χ0v) is 16.3. The molecule has 0 bridgehead atoms.